The third-order valence-electron chi connectivity index (χ3n) is 2.71. The van der Waals surface area contributed by atoms with Crippen LogP contribution in [0.2, 0.25) is 5.02 Å². The van der Waals surface area contributed by atoms with Crippen molar-refractivity contribution in [1.82, 2.24) is 4.90 Å². The van der Waals surface area contributed by atoms with E-state index in [0.717, 1.165) is 6.07 Å². The Labute approximate surface area is 119 Å². The van der Waals surface area contributed by atoms with Crippen molar-refractivity contribution < 1.29 is 19.6 Å². The molecule has 1 N–H and O–H groups in total. The zero-order valence-corrected chi connectivity index (χ0v) is 11.6. The molecule has 1 unspecified atom stereocenters. The smallest absolute Gasteiger partial charge is 0.308 e. The Hall–Kier alpha value is -2.15. The molecule has 0 radical (unpaired) electrons. The van der Waals surface area contributed by atoms with Crippen molar-refractivity contribution in [3.8, 4) is 0 Å². The van der Waals surface area contributed by atoms with Gasteiger partial charge in [0.2, 0.25) is 0 Å². The second-order valence-electron chi connectivity index (χ2n) is 4.35. The summed E-state index contributed by atoms with van der Waals surface area (Å²) in [4.78, 5) is 34.0. The molecule has 1 aromatic carbocycles. The lowest BCUT2D eigenvalue weighted by Crippen LogP contribution is -2.33. The topological polar surface area (TPSA) is 101 Å². The first-order valence-corrected chi connectivity index (χ1v) is 6.04. The van der Waals surface area contributed by atoms with E-state index >= 15 is 0 Å². The number of carboxylic acids is 1. The minimum Gasteiger partial charge on any atom is -0.481 e. The summed E-state index contributed by atoms with van der Waals surface area (Å²) in [6.07, 6.45) is 0. The maximum atomic E-state index is 12.1. The lowest BCUT2D eigenvalue weighted by molar-refractivity contribution is -0.384. The van der Waals surface area contributed by atoms with Crippen LogP contribution in [0.5, 0.6) is 0 Å². The van der Waals surface area contributed by atoms with Crippen molar-refractivity contribution in [2.24, 2.45) is 5.92 Å². The highest BCUT2D eigenvalue weighted by Crippen LogP contribution is 2.23. The van der Waals surface area contributed by atoms with Gasteiger partial charge in [-0.3, -0.25) is 19.7 Å². The van der Waals surface area contributed by atoms with Crippen LogP contribution in [0.1, 0.15) is 17.3 Å². The first-order valence-electron chi connectivity index (χ1n) is 5.66. The van der Waals surface area contributed by atoms with E-state index < -0.39 is 22.7 Å². The van der Waals surface area contributed by atoms with E-state index in [0.29, 0.717) is 0 Å². The molecule has 108 valence electrons. The highest BCUT2D eigenvalue weighted by molar-refractivity contribution is 6.34. The molecule has 8 heteroatoms. The quantitative estimate of drug-likeness (QED) is 0.662. The van der Waals surface area contributed by atoms with Gasteiger partial charge in [-0.2, -0.15) is 0 Å². The highest BCUT2D eigenvalue weighted by Gasteiger charge is 2.21. The van der Waals surface area contributed by atoms with Crippen molar-refractivity contribution in [2.75, 3.05) is 13.6 Å². The van der Waals surface area contributed by atoms with Crippen LogP contribution in [0.3, 0.4) is 0 Å². The van der Waals surface area contributed by atoms with Gasteiger partial charge in [-0.05, 0) is 6.07 Å². The van der Waals surface area contributed by atoms with Crippen molar-refractivity contribution >= 4 is 29.2 Å². The number of carbonyl (C=O) groups is 2. The number of carboxylic acid groups (broad SMARTS) is 1. The molecule has 7 nitrogen and oxygen atoms in total. The molecule has 0 heterocycles. The second-order valence-corrected chi connectivity index (χ2v) is 4.75. The number of nitrogens with zero attached hydrogens (tertiary/aromatic N) is 2. The molecule has 0 bridgehead atoms. The number of non-ortho nitro benzene ring substituents is 1. The molecule has 1 aromatic rings. The summed E-state index contributed by atoms with van der Waals surface area (Å²) < 4.78 is 0. The number of hydrogen-bond donors (Lipinski definition) is 1. The molecule has 1 rings (SSSR count). The molecule has 0 saturated heterocycles. The van der Waals surface area contributed by atoms with E-state index in [9.17, 15) is 19.7 Å². The van der Waals surface area contributed by atoms with E-state index in [1.54, 1.807) is 0 Å². The fraction of sp³-hybridized carbons (Fsp3) is 0.333. The Morgan fingerprint density at radius 1 is 1.50 bits per heavy atom. The molecule has 0 fully saturated rings. The maximum Gasteiger partial charge on any atom is 0.308 e. The number of hydrogen-bond acceptors (Lipinski definition) is 4. The molecule has 0 aliphatic carbocycles. The summed E-state index contributed by atoms with van der Waals surface area (Å²) in [6, 6.07) is 3.52. The molecule has 0 aliphatic heterocycles. The predicted molar refractivity (Wildman–Crippen MR) is 71.9 cm³/mol. The molecular weight excluding hydrogens is 288 g/mol. The van der Waals surface area contributed by atoms with Gasteiger partial charge in [0.1, 0.15) is 0 Å². The fourth-order valence-corrected chi connectivity index (χ4v) is 1.82. The minimum absolute atomic E-state index is 0.0154. The predicted octanol–water partition coefficient (Wildman–Crippen LogP) is 2.04. The fourth-order valence-electron chi connectivity index (χ4n) is 1.57. The van der Waals surface area contributed by atoms with Gasteiger partial charge in [0, 0.05) is 25.7 Å². The average molecular weight is 301 g/mol. The number of nitro groups is 1. The normalized spacial score (nSPS) is 11.8. The van der Waals surface area contributed by atoms with E-state index in [-0.39, 0.29) is 22.8 Å². The van der Waals surface area contributed by atoms with Gasteiger partial charge < -0.3 is 10.0 Å². The van der Waals surface area contributed by atoms with Gasteiger partial charge in [0.05, 0.1) is 21.4 Å². The van der Waals surface area contributed by atoms with Crippen molar-refractivity contribution in [3.05, 3.63) is 38.9 Å². The van der Waals surface area contributed by atoms with Crippen LogP contribution in [-0.2, 0) is 4.79 Å². The summed E-state index contributed by atoms with van der Waals surface area (Å²) in [7, 11) is 1.44. The summed E-state index contributed by atoms with van der Waals surface area (Å²) in [5, 5.41) is 19.3. The average Bonchev–Trinajstić information content (AvgIpc) is 2.37. The van der Waals surface area contributed by atoms with Gasteiger partial charge in [-0.1, -0.05) is 18.5 Å². The Bertz CT molecular complexity index is 561. The third kappa shape index (κ3) is 3.67. The molecule has 1 atom stereocenters. The van der Waals surface area contributed by atoms with Crippen LogP contribution in [-0.4, -0.2) is 40.4 Å². The Morgan fingerprint density at radius 3 is 2.55 bits per heavy atom. The van der Waals surface area contributed by atoms with Gasteiger partial charge in [0.15, 0.2) is 0 Å². The zero-order chi connectivity index (χ0) is 15.4. The van der Waals surface area contributed by atoms with Crippen molar-refractivity contribution in [2.45, 2.75) is 6.92 Å². The standard InChI is InChI=1S/C12H13ClN2O5/c1-7(12(17)18)6-14(2)11(16)9-4-3-8(15(19)20)5-10(9)13/h3-5,7H,6H2,1-2H3,(H,17,18). The number of aliphatic carboxylic acids is 1. The van der Waals surface area contributed by atoms with E-state index in [1.165, 1.54) is 31.0 Å². The molecule has 0 aromatic heterocycles. The van der Waals surface area contributed by atoms with Crippen molar-refractivity contribution in [1.29, 1.82) is 0 Å². The van der Waals surface area contributed by atoms with Gasteiger partial charge in [-0.25, -0.2) is 0 Å². The molecule has 0 saturated carbocycles. The van der Waals surface area contributed by atoms with Crippen molar-refractivity contribution in [3.63, 3.8) is 0 Å². The van der Waals surface area contributed by atoms with Crippen LogP contribution < -0.4 is 0 Å². The first-order chi connectivity index (χ1) is 9.23. The van der Waals surface area contributed by atoms with Crippen LogP contribution in [0.25, 0.3) is 0 Å². The largest absolute Gasteiger partial charge is 0.481 e. The Balaban J connectivity index is 2.92. The number of nitro benzene ring substituents is 1. The van der Waals surface area contributed by atoms with Gasteiger partial charge in [-0.15, -0.1) is 0 Å². The summed E-state index contributed by atoms with van der Waals surface area (Å²) in [5.41, 5.74) is -0.120. The van der Waals surface area contributed by atoms with Crippen LogP contribution >= 0.6 is 11.6 Å². The third-order valence-corrected chi connectivity index (χ3v) is 3.02. The summed E-state index contributed by atoms with van der Waals surface area (Å²) in [5.74, 6) is -2.22. The number of benzene rings is 1. The Morgan fingerprint density at radius 2 is 2.10 bits per heavy atom. The minimum atomic E-state index is -1.01. The number of rotatable bonds is 5. The Kier molecular flexibility index (Phi) is 5.04. The number of halogens is 1. The second kappa shape index (κ2) is 6.33. The lowest BCUT2D eigenvalue weighted by Gasteiger charge is -2.19. The van der Waals surface area contributed by atoms with Crippen LogP contribution in [0.4, 0.5) is 5.69 Å². The maximum absolute atomic E-state index is 12.1. The first kappa shape index (κ1) is 15.9. The van der Waals surface area contributed by atoms with Gasteiger partial charge >= 0.3 is 5.97 Å². The molecule has 1 amide bonds. The lowest BCUT2D eigenvalue weighted by atomic mass is 10.1. The molecule has 0 spiro atoms. The highest BCUT2D eigenvalue weighted by atomic mass is 35.5. The number of amides is 1. The molecule has 0 aliphatic rings. The summed E-state index contributed by atoms with van der Waals surface area (Å²) >= 11 is 5.84. The molecular formula is C12H13ClN2O5. The SMILES string of the molecule is CC(CN(C)C(=O)c1ccc([N+](=O)[O-])cc1Cl)C(=O)O. The number of carbonyl (C=O) groups excluding carboxylic acids is 1. The van der Waals surface area contributed by atoms with E-state index in [2.05, 4.69) is 0 Å². The monoisotopic (exact) mass is 300 g/mol. The van der Waals surface area contributed by atoms with Crippen LogP contribution in [0.15, 0.2) is 18.2 Å². The van der Waals surface area contributed by atoms with Crippen LogP contribution in [0, 0.1) is 16.0 Å². The van der Waals surface area contributed by atoms with E-state index in [4.69, 9.17) is 16.7 Å². The van der Waals surface area contributed by atoms with E-state index in [1.807, 2.05) is 0 Å². The zero-order valence-electron chi connectivity index (χ0n) is 10.9. The molecule has 20 heavy (non-hydrogen) atoms. The van der Waals surface area contributed by atoms with Gasteiger partial charge in [0.25, 0.3) is 11.6 Å². The summed E-state index contributed by atoms with van der Waals surface area (Å²) in [6.45, 7) is 1.49.